The molecule has 2 rings (SSSR count). The number of hydrogen-bond acceptors (Lipinski definition) is 3. The summed E-state index contributed by atoms with van der Waals surface area (Å²) in [5, 5.41) is 0.240. The van der Waals surface area contributed by atoms with E-state index in [1.165, 1.54) is 11.1 Å². The molecule has 2 aromatic carbocycles. The van der Waals surface area contributed by atoms with Crippen LogP contribution in [-0.4, -0.2) is 16.6 Å². The van der Waals surface area contributed by atoms with E-state index >= 15 is 0 Å². The second-order valence-electron chi connectivity index (χ2n) is 10.9. The lowest BCUT2D eigenvalue weighted by molar-refractivity contribution is 0.431. The molecule has 0 aromatic heterocycles. The lowest BCUT2D eigenvalue weighted by Crippen LogP contribution is -2.59. The number of rotatable bonds is 6. The first kappa shape index (κ1) is 23.7. The zero-order valence-electron chi connectivity index (χ0n) is 19.6. The zero-order chi connectivity index (χ0) is 22.1. The van der Waals surface area contributed by atoms with Gasteiger partial charge in [-0.05, 0) is 70.7 Å². The second-order valence-corrected chi connectivity index (χ2v) is 20.3. The van der Waals surface area contributed by atoms with Gasteiger partial charge in [0.05, 0.1) is 0 Å². The van der Waals surface area contributed by atoms with Gasteiger partial charge in [0.2, 0.25) is 0 Å². The molecule has 29 heavy (non-hydrogen) atoms. The average Bonchev–Trinajstić information content (AvgIpc) is 2.57. The summed E-state index contributed by atoms with van der Waals surface area (Å²) in [6, 6.07) is 18.6. The summed E-state index contributed by atoms with van der Waals surface area (Å²) in [6.45, 7) is 18.9. The number of anilines is 2. The number of nitrogen functional groups attached to an aromatic ring is 2. The molecule has 3 nitrogen and oxygen atoms in total. The van der Waals surface area contributed by atoms with Gasteiger partial charge in [0, 0.05) is 11.4 Å². The third kappa shape index (κ3) is 5.74. The van der Waals surface area contributed by atoms with E-state index in [0.29, 0.717) is 0 Å². The molecule has 0 bridgehead atoms. The molecular formula is C24H40N2OSi2. The SMILES string of the molecule is CC(C)(C)[Si](C)(Cc1ccc(N)cc1)O[Si](C)(Cc1ccc(N)cc1)C(C)(C)C. The van der Waals surface area contributed by atoms with Gasteiger partial charge >= 0.3 is 0 Å². The summed E-state index contributed by atoms with van der Waals surface area (Å²) >= 11 is 0. The predicted molar refractivity (Wildman–Crippen MR) is 133 cm³/mol. The fourth-order valence-electron chi connectivity index (χ4n) is 3.46. The van der Waals surface area contributed by atoms with Gasteiger partial charge in [-0.25, -0.2) is 0 Å². The molecule has 0 aliphatic heterocycles. The van der Waals surface area contributed by atoms with Crippen LogP contribution in [0.15, 0.2) is 48.5 Å². The Bertz CT molecular complexity index is 737. The molecule has 0 aliphatic carbocycles. The average molecular weight is 429 g/mol. The number of benzene rings is 2. The first-order chi connectivity index (χ1) is 13.2. The van der Waals surface area contributed by atoms with E-state index in [9.17, 15) is 0 Å². The van der Waals surface area contributed by atoms with Crippen molar-refractivity contribution in [3.05, 3.63) is 59.7 Å². The van der Waals surface area contributed by atoms with Gasteiger partial charge < -0.3 is 15.6 Å². The Kier molecular flexibility index (Phi) is 6.77. The third-order valence-electron chi connectivity index (χ3n) is 6.67. The van der Waals surface area contributed by atoms with Crippen molar-refractivity contribution in [1.82, 2.24) is 0 Å². The standard InChI is InChI=1S/C24H40N2OSi2/c1-23(2,3)28(7,17-19-9-13-21(25)14-10-19)27-29(8,24(4,5)6)18-20-11-15-22(26)16-12-20/h9-16H,17-18,25-26H2,1-8H3. The topological polar surface area (TPSA) is 61.3 Å². The first-order valence-corrected chi connectivity index (χ1v) is 15.8. The van der Waals surface area contributed by atoms with Gasteiger partial charge in [0.1, 0.15) is 0 Å². The first-order valence-electron chi connectivity index (χ1n) is 10.5. The molecule has 160 valence electrons. The van der Waals surface area contributed by atoms with Gasteiger partial charge in [-0.1, -0.05) is 65.8 Å². The Morgan fingerprint density at radius 3 is 1.14 bits per heavy atom. The van der Waals surface area contributed by atoms with Gasteiger partial charge in [-0.3, -0.25) is 0 Å². The monoisotopic (exact) mass is 428 g/mol. The fraction of sp³-hybridized carbons (Fsp3) is 0.500. The summed E-state index contributed by atoms with van der Waals surface area (Å²) in [5.74, 6) is 0. The quantitative estimate of drug-likeness (QED) is 0.409. The highest BCUT2D eigenvalue weighted by Gasteiger charge is 2.51. The maximum atomic E-state index is 7.44. The van der Waals surface area contributed by atoms with Crippen LogP contribution < -0.4 is 11.5 Å². The molecule has 2 atom stereocenters. The summed E-state index contributed by atoms with van der Waals surface area (Å²) in [6.07, 6.45) is 0. The van der Waals surface area contributed by atoms with E-state index in [1.54, 1.807) is 0 Å². The highest BCUT2D eigenvalue weighted by molar-refractivity contribution is 6.88. The molecule has 2 aromatic rings. The second kappa shape index (κ2) is 8.28. The zero-order valence-corrected chi connectivity index (χ0v) is 21.6. The highest BCUT2D eigenvalue weighted by atomic mass is 28.4. The molecule has 0 heterocycles. The Morgan fingerprint density at radius 2 is 0.897 bits per heavy atom. The van der Waals surface area contributed by atoms with Crippen molar-refractivity contribution >= 4 is 28.0 Å². The van der Waals surface area contributed by atoms with Crippen LogP contribution >= 0.6 is 0 Å². The normalized spacial score (nSPS) is 16.8. The van der Waals surface area contributed by atoms with Crippen LogP contribution in [0, 0.1) is 0 Å². The van der Waals surface area contributed by atoms with Gasteiger partial charge in [-0.2, -0.15) is 0 Å². The van der Waals surface area contributed by atoms with Crippen molar-refractivity contribution in [2.24, 2.45) is 0 Å². The smallest absolute Gasteiger partial charge is 0.186 e. The van der Waals surface area contributed by atoms with Crippen LogP contribution in [-0.2, 0) is 16.2 Å². The molecule has 0 saturated carbocycles. The summed E-state index contributed by atoms with van der Waals surface area (Å²) in [7, 11) is -4.25. The van der Waals surface area contributed by atoms with E-state index in [0.717, 1.165) is 23.5 Å². The summed E-state index contributed by atoms with van der Waals surface area (Å²) < 4.78 is 7.44. The van der Waals surface area contributed by atoms with Gasteiger partial charge in [0.15, 0.2) is 16.6 Å². The molecule has 0 amide bonds. The number of nitrogens with two attached hydrogens (primary N) is 2. The molecule has 4 N–H and O–H groups in total. The van der Waals surface area contributed by atoms with Crippen LogP contribution in [0.2, 0.25) is 23.2 Å². The lowest BCUT2D eigenvalue weighted by Gasteiger charge is -2.50. The van der Waals surface area contributed by atoms with Crippen molar-refractivity contribution in [3.63, 3.8) is 0 Å². The van der Waals surface area contributed by atoms with Crippen molar-refractivity contribution in [2.45, 2.75) is 76.8 Å². The van der Waals surface area contributed by atoms with Gasteiger partial charge in [-0.15, -0.1) is 0 Å². The Morgan fingerprint density at radius 1 is 0.621 bits per heavy atom. The van der Waals surface area contributed by atoms with Crippen LogP contribution in [0.4, 0.5) is 11.4 Å². The summed E-state index contributed by atoms with van der Waals surface area (Å²) in [4.78, 5) is 0. The molecule has 5 heteroatoms. The molecule has 0 fully saturated rings. The summed E-state index contributed by atoms with van der Waals surface area (Å²) in [5.41, 5.74) is 16.1. The van der Waals surface area contributed by atoms with Crippen LogP contribution in [0.3, 0.4) is 0 Å². The third-order valence-corrected chi connectivity index (χ3v) is 18.8. The van der Waals surface area contributed by atoms with Crippen molar-refractivity contribution in [3.8, 4) is 0 Å². The Hall–Kier alpha value is -1.57. The highest BCUT2D eigenvalue weighted by Crippen LogP contribution is 2.47. The van der Waals surface area contributed by atoms with Crippen LogP contribution in [0.1, 0.15) is 52.7 Å². The largest absolute Gasteiger partial charge is 0.454 e. The van der Waals surface area contributed by atoms with E-state index < -0.39 is 16.6 Å². The molecule has 0 radical (unpaired) electrons. The molecule has 0 aliphatic rings. The van der Waals surface area contributed by atoms with Crippen molar-refractivity contribution in [1.29, 1.82) is 0 Å². The Balaban J connectivity index is 2.42. The van der Waals surface area contributed by atoms with Crippen molar-refractivity contribution in [2.75, 3.05) is 11.5 Å². The number of hydrogen-bond donors (Lipinski definition) is 2. The minimum atomic E-state index is -2.12. The molecular weight excluding hydrogens is 388 g/mol. The minimum absolute atomic E-state index is 0.120. The molecule has 0 spiro atoms. The maximum Gasteiger partial charge on any atom is 0.186 e. The molecule has 0 saturated heterocycles. The fourth-order valence-corrected chi connectivity index (χ4v) is 13.6. The van der Waals surface area contributed by atoms with Crippen molar-refractivity contribution < 1.29 is 4.12 Å². The predicted octanol–water partition coefficient (Wildman–Crippen LogP) is 6.48. The minimum Gasteiger partial charge on any atom is -0.454 e. The van der Waals surface area contributed by atoms with Gasteiger partial charge in [0.25, 0.3) is 0 Å². The van der Waals surface area contributed by atoms with E-state index in [4.69, 9.17) is 15.6 Å². The molecule has 2 unspecified atom stereocenters. The van der Waals surface area contributed by atoms with E-state index in [1.807, 2.05) is 24.3 Å². The van der Waals surface area contributed by atoms with E-state index in [-0.39, 0.29) is 10.1 Å². The lowest BCUT2D eigenvalue weighted by atomic mass is 10.2. The maximum absolute atomic E-state index is 7.44. The van der Waals surface area contributed by atoms with Crippen LogP contribution in [0.5, 0.6) is 0 Å². The van der Waals surface area contributed by atoms with Crippen LogP contribution in [0.25, 0.3) is 0 Å². The Labute approximate surface area is 180 Å². The van der Waals surface area contributed by atoms with E-state index in [2.05, 4.69) is 78.9 Å².